The van der Waals surface area contributed by atoms with Crippen LogP contribution in [0.1, 0.15) is 45.4 Å². The maximum atomic E-state index is 11.5. The van der Waals surface area contributed by atoms with Gasteiger partial charge in [-0.3, -0.25) is 9.69 Å². The van der Waals surface area contributed by atoms with Crippen LogP contribution in [0, 0.1) is 11.8 Å². The van der Waals surface area contributed by atoms with Gasteiger partial charge in [0.25, 0.3) is 0 Å². The van der Waals surface area contributed by atoms with E-state index in [-0.39, 0.29) is 18.0 Å². The van der Waals surface area contributed by atoms with Crippen molar-refractivity contribution in [1.29, 1.82) is 0 Å². The number of ether oxygens (including phenoxy) is 1. The van der Waals surface area contributed by atoms with Crippen LogP contribution in [0.25, 0.3) is 0 Å². The van der Waals surface area contributed by atoms with E-state index in [1.165, 1.54) is 39.2 Å². The SMILES string of the molecule is COC(=O)CN1CC(NCC2CCCCC2)CC(C(C)O)C1. The van der Waals surface area contributed by atoms with Crippen molar-refractivity contribution in [2.45, 2.75) is 57.6 Å². The molecule has 2 rings (SSSR count). The molecule has 2 N–H and O–H groups in total. The third-order valence-corrected chi connectivity index (χ3v) is 5.24. The minimum atomic E-state index is -0.334. The Morgan fingerprint density at radius 1 is 1.32 bits per heavy atom. The topological polar surface area (TPSA) is 61.8 Å². The van der Waals surface area contributed by atoms with Crippen molar-refractivity contribution in [3.63, 3.8) is 0 Å². The first-order chi connectivity index (χ1) is 10.6. The summed E-state index contributed by atoms with van der Waals surface area (Å²) in [4.78, 5) is 13.6. The van der Waals surface area contributed by atoms with Crippen molar-refractivity contribution < 1.29 is 14.6 Å². The summed E-state index contributed by atoms with van der Waals surface area (Å²) in [5, 5.41) is 13.6. The molecule has 1 aliphatic heterocycles. The summed E-state index contributed by atoms with van der Waals surface area (Å²) in [6, 6.07) is 0.361. The zero-order chi connectivity index (χ0) is 15.9. The van der Waals surface area contributed by atoms with Crippen molar-refractivity contribution in [2.24, 2.45) is 11.8 Å². The summed E-state index contributed by atoms with van der Waals surface area (Å²) < 4.78 is 4.78. The molecular weight excluding hydrogens is 280 g/mol. The van der Waals surface area contributed by atoms with Gasteiger partial charge in [-0.15, -0.1) is 0 Å². The van der Waals surface area contributed by atoms with E-state index in [1.807, 2.05) is 6.92 Å². The molecule has 0 radical (unpaired) electrons. The van der Waals surface area contributed by atoms with E-state index in [0.29, 0.717) is 12.6 Å². The number of nitrogens with one attached hydrogen (secondary N) is 1. The molecule has 128 valence electrons. The molecule has 22 heavy (non-hydrogen) atoms. The number of aliphatic hydroxyl groups is 1. The van der Waals surface area contributed by atoms with Crippen molar-refractivity contribution in [3.05, 3.63) is 0 Å². The third-order valence-electron chi connectivity index (χ3n) is 5.24. The summed E-state index contributed by atoms with van der Waals surface area (Å²) in [7, 11) is 1.43. The summed E-state index contributed by atoms with van der Waals surface area (Å²) in [5.74, 6) is 0.828. The molecule has 1 saturated carbocycles. The van der Waals surface area contributed by atoms with E-state index < -0.39 is 0 Å². The van der Waals surface area contributed by atoms with Gasteiger partial charge >= 0.3 is 5.97 Å². The molecule has 0 amide bonds. The van der Waals surface area contributed by atoms with Crippen LogP contribution in [0.15, 0.2) is 0 Å². The van der Waals surface area contributed by atoms with Gasteiger partial charge in [0.05, 0.1) is 19.8 Å². The van der Waals surface area contributed by atoms with Gasteiger partial charge in [-0.05, 0) is 44.6 Å². The number of carbonyl (C=O) groups is 1. The number of rotatable bonds is 6. The Kier molecular flexibility index (Phi) is 7.12. The summed E-state index contributed by atoms with van der Waals surface area (Å²) in [6.07, 6.45) is 7.44. The zero-order valence-electron chi connectivity index (χ0n) is 14.1. The van der Waals surface area contributed by atoms with Crippen LogP contribution in [-0.4, -0.2) is 61.4 Å². The fraction of sp³-hybridized carbons (Fsp3) is 0.941. The van der Waals surface area contributed by atoms with E-state index in [2.05, 4.69) is 10.2 Å². The van der Waals surface area contributed by atoms with Crippen LogP contribution in [0.5, 0.6) is 0 Å². The lowest BCUT2D eigenvalue weighted by atomic mass is 9.87. The predicted octanol–water partition coefficient (Wildman–Crippen LogP) is 1.40. The molecule has 3 atom stereocenters. The third kappa shape index (κ3) is 5.52. The Hall–Kier alpha value is -0.650. The molecule has 5 nitrogen and oxygen atoms in total. The second kappa shape index (κ2) is 8.85. The normalized spacial score (nSPS) is 29.2. The molecule has 0 aromatic rings. The molecule has 5 heteroatoms. The fourth-order valence-corrected chi connectivity index (χ4v) is 3.83. The lowest BCUT2D eigenvalue weighted by molar-refractivity contribution is -0.142. The average molecular weight is 312 g/mol. The Balaban J connectivity index is 1.83. The lowest BCUT2D eigenvalue weighted by Crippen LogP contribution is -2.53. The second-order valence-corrected chi connectivity index (χ2v) is 7.12. The summed E-state index contributed by atoms with van der Waals surface area (Å²) in [5.41, 5.74) is 0. The molecule has 1 saturated heterocycles. The average Bonchev–Trinajstić information content (AvgIpc) is 2.53. The highest BCUT2D eigenvalue weighted by Crippen LogP contribution is 2.24. The molecule has 2 fully saturated rings. The first kappa shape index (κ1) is 17.7. The second-order valence-electron chi connectivity index (χ2n) is 7.12. The lowest BCUT2D eigenvalue weighted by Gasteiger charge is -2.39. The van der Waals surface area contributed by atoms with E-state index in [1.54, 1.807) is 0 Å². The highest BCUT2D eigenvalue weighted by Gasteiger charge is 2.31. The number of piperidine rings is 1. The quantitative estimate of drug-likeness (QED) is 0.726. The molecule has 1 aliphatic carbocycles. The van der Waals surface area contributed by atoms with Gasteiger partial charge in [-0.1, -0.05) is 19.3 Å². The Labute approximate surface area is 134 Å². The molecule has 0 aromatic heterocycles. The van der Waals surface area contributed by atoms with Gasteiger partial charge in [0, 0.05) is 19.1 Å². The standard InChI is InChI=1S/C17H32N2O3/c1-13(20)15-8-16(11-19(10-15)12-17(21)22-2)18-9-14-6-4-3-5-7-14/h13-16,18,20H,3-12H2,1-2H3. The number of carbonyl (C=O) groups excluding carboxylic acids is 1. The first-order valence-electron chi connectivity index (χ1n) is 8.79. The van der Waals surface area contributed by atoms with Crippen molar-refractivity contribution >= 4 is 5.97 Å². The number of likely N-dealkylation sites (tertiary alicyclic amines) is 1. The van der Waals surface area contributed by atoms with Crippen LogP contribution in [-0.2, 0) is 9.53 Å². The van der Waals surface area contributed by atoms with Crippen LogP contribution < -0.4 is 5.32 Å². The first-order valence-corrected chi connectivity index (χ1v) is 8.79. The highest BCUT2D eigenvalue weighted by atomic mass is 16.5. The van der Waals surface area contributed by atoms with Gasteiger partial charge in [0.15, 0.2) is 0 Å². The largest absolute Gasteiger partial charge is 0.468 e. The molecule has 0 spiro atoms. The maximum absolute atomic E-state index is 11.5. The van der Waals surface area contributed by atoms with Crippen molar-refractivity contribution in [2.75, 3.05) is 33.3 Å². The van der Waals surface area contributed by atoms with Crippen LogP contribution >= 0.6 is 0 Å². The molecule has 3 unspecified atom stereocenters. The minimum Gasteiger partial charge on any atom is -0.468 e. The van der Waals surface area contributed by atoms with Gasteiger partial charge in [-0.25, -0.2) is 0 Å². The smallest absolute Gasteiger partial charge is 0.319 e. The van der Waals surface area contributed by atoms with Gasteiger partial charge in [0.2, 0.25) is 0 Å². The number of nitrogens with zero attached hydrogens (tertiary/aromatic N) is 1. The summed E-state index contributed by atoms with van der Waals surface area (Å²) >= 11 is 0. The molecule has 0 bridgehead atoms. The monoisotopic (exact) mass is 312 g/mol. The predicted molar refractivity (Wildman–Crippen MR) is 86.6 cm³/mol. The Morgan fingerprint density at radius 2 is 2.05 bits per heavy atom. The number of methoxy groups -OCH3 is 1. The highest BCUT2D eigenvalue weighted by molar-refractivity contribution is 5.71. The number of hydrogen-bond donors (Lipinski definition) is 2. The van der Waals surface area contributed by atoms with Gasteiger partial charge < -0.3 is 15.2 Å². The van der Waals surface area contributed by atoms with Crippen molar-refractivity contribution in [3.8, 4) is 0 Å². The van der Waals surface area contributed by atoms with Crippen molar-refractivity contribution in [1.82, 2.24) is 10.2 Å². The van der Waals surface area contributed by atoms with E-state index in [0.717, 1.165) is 32.0 Å². The number of hydrogen-bond acceptors (Lipinski definition) is 5. The summed E-state index contributed by atoms with van der Waals surface area (Å²) in [6.45, 7) is 4.88. The molecular formula is C17H32N2O3. The fourth-order valence-electron chi connectivity index (χ4n) is 3.83. The Bertz CT molecular complexity index is 343. The molecule has 2 aliphatic rings. The van der Waals surface area contributed by atoms with E-state index in [9.17, 15) is 9.90 Å². The van der Waals surface area contributed by atoms with E-state index >= 15 is 0 Å². The van der Waals surface area contributed by atoms with Crippen LogP contribution in [0.3, 0.4) is 0 Å². The van der Waals surface area contributed by atoms with Gasteiger partial charge in [0.1, 0.15) is 0 Å². The van der Waals surface area contributed by atoms with Crippen LogP contribution in [0.2, 0.25) is 0 Å². The van der Waals surface area contributed by atoms with E-state index in [4.69, 9.17) is 4.74 Å². The van der Waals surface area contributed by atoms with Crippen LogP contribution in [0.4, 0.5) is 0 Å². The number of esters is 1. The molecule has 1 heterocycles. The maximum Gasteiger partial charge on any atom is 0.319 e. The Morgan fingerprint density at radius 3 is 2.68 bits per heavy atom. The minimum absolute atomic E-state index is 0.197. The number of aliphatic hydroxyl groups excluding tert-OH is 1. The van der Waals surface area contributed by atoms with Gasteiger partial charge in [-0.2, -0.15) is 0 Å². The molecule has 0 aromatic carbocycles. The zero-order valence-corrected chi connectivity index (χ0v) is 14.1.